The maximum atomic E-state index is 14.1. The number of ether oxygens (including phenoxy) is 2. The van der Waals surface area contributed by atoms with Gasteiger partial charge in [-0.2, -0.15) is 0 Å². The van der Waals surface area contributed by atoms with Crippen molar-refractivity contribution in [2.24, 2.45) is 4.99 Å². The van der Waals surface area contributed by atoms with E-state index < -0.39 is 0 Å². The highest BCUT2D eigenvalue weighted by Crippen LogP contribution is 2.41. The fourth-order valence-corrected chi connectivity index (χ4v) is 7.15. The molecule has 0 unspecified atom stereocenters. The van der Waals surface area contributed by atoms with E-state index in [1.807, 2.05) is 65.2 Å². The fraction of sp³-hybridized carbons (Fsp3) is 0.143. The molecule has 7 rings (SSSR count). The zero-order chi connectivity index (χ0) is 29.5. The molecular weight excluding hydrogens is 644 g/mol. The number of thiazole rings is 1. The van der Waals surface area contributed by atoms with E-state index in [4.69, 9.17) is 26.1 Å². The van der Waals surface area contributed by atoms with E-state index in [-0.39, 0.29) is 11.6 Å². The van der Waals surface area contributed by atoms with Gasteiger partial charge in [-0.05, 0) is 83.1 Å². The minimum Gasteiger partial charge on any atom is -0.493 e. The van der Waals surface area contributed by atoms with E-state index in [9.17, 15) is 4.79 Å². The lowest BCUT2D eigenvalue weighted by Crippen LogP contribution is -2.38. The number of rotatable bonds is 6. The third kappa shape index (κ3) is 5.37. The van der Waals surface area contributed by atoms with Gasteiger partial charge in [-0.15, -0.1) is 0 Å². The van der Waals surface area contributed by atoms with Gasteiger partial charge in [0, 0.05) is 15.1 Å². The highest BCUT2D eigenvalue weighted by Gasteiger charge is 2.32. The molecule has 1 aliphatic heterocycles. The van der Waals surface area contributed by atoms with Crippen molar-refractivity contribution in [1.29, 1.82) is 0 Å². The Balaban J connectivity index is 1.30. The molecule has 4 aromatic carbocycles. The van der Waals surface area contributed by atoms with E-state index in [2.05, 4.69) is 52.3 Å². The van der Waals surface area contributed by atoms with Crippen LogP contribution in [0, 0.1) is 0 Å². The molecule has 0 radical (unpaired) electrons. The van der Waals surface area contributed by atoms with Crippen molar-refractivity contribution in [3.05, 3.63) is 154 Å². The van der Waals surface area contributed by atoms with Crippen molar-refractivity contribution in [2.45, 2.75) is 25.5 Å². The van der Waals surface area contributed by atoms with Crippen molar-refractivity contribution in [1.82, 2.24) is 4.57 Å². The van der Waals surface area contributed by atoms with E-state index in [1.165, 1.54) is 22.5 Å². The van der Waals surface area contributed by atoms with Crippen LogP contribution in [-0.2, 0) is 13.0 Å². The summed E-state index contributed by atoms with van der Waals surface area (Å²) in [7, 11) is 1.61. The summed E-state index contributed by atoms with van der Waals surface area (Å²) in [6, 6.07) is 29.7. The highest BCUT2D eigenvalue weighted by atomic mass is 79.9. The van der Waals surface area contributed by atoms with Crippen molar-refractivity contribution in [3.8, 4) is 11.5 Å². The Morgan fingerprint density at radius 1 is 1.00 bits per heavy atom. The molecule has 43 heavy (non-hydrogen) atoms. The van der Waals surface area contributed by atoms with Gasteiger partial charge in [0.25, 0.3) is 5.56 Å². The van der Waals surface area contributed by atoms with Crippen LogP contribution in [0.2, 0.25) is 5.02 Å². The second kappa shape index (κ2) is 11.6. The van der Waals surface area contributed by atoms with E-state index in [0.29, 0.717) is 32.5 Å². The summed E-state index contributed by atoms with van der Waals surface area (Å²) < 4.78 is 15.2. The van der Waals surface area contributed by atoms with E-state index >= 15 is 0 Å². The number of aryl methyl sites for hydroxylation is 1. The quantitative estimate of drug-likeness (QED) is 0.190. The predicted octanol–water partition coefficient (Wildman–Crippen LogP) is 7.32. The summed E-state index contributed by atoms with van der Waals surface area (Å²) in [6.07, 6.45) is 3.69. The molecule has 0 fully saturated rings. The molecular formula is C35H26BrClN2O3S. The first-order chi connectivity index (χ1) is 21.0. The van der Waals surface area contributed by atoms with Gasteiger partial charge in [0.2, 0.25) is 0 Å². The summed E-state index contributed by atoms with van der Waals surface area (Å²) in [5, 5.41) is 0.684. The van der Waals surface area contributed by atoms with Gasteiger partial charge in [-0.1, -0.05) is 93.5 Å². The second-order valence-corrected chi connectivity index (χ2v) is 12.9. The Kier molecular flexibility index (Phi) is 7.55. The fourth-order valence-electron chi connectivity index (χ4n) is 5.75. The van der Waals surface area contributed by atoms with Gasteiger partial charge >= 0.3 is 0 Å². The largest absolute Gasteiger partial charge is 0.493 e. The Hall–Kier alpha value is -3.91. The first-order valence-corrected chi connectivity index (χ1v) is 15.9. The number of allylic oxidation sites excluding steroid dienone is 1. The molecule has 5 aromatic rings. The SMILES string of the molecule is COc1cc(/C=c2\sc3n(c2=O)[C@@H](c2ccc(Br)cc2)C2=C(N=3)c3ccccc3CC2)ccc1OCc1ccc(Cl)cc1. The first kappa shape index (κ1) is 27.9. The average molecular weight is 670 g/mol. The summed E-state index contributed by atoms with van der Waals surface area (Å²) in [5.74, 6) is 1.22. The normalized spacial score (nSPS) is 15.8. The van der Waals surface area contributed by atoms with E-state index in [0.717, 1.165) is 45.3 Å². The maximum absolute atomic E-state index is 14.1. The first-order valence-electron chi connectivity index (χ1n) is 13.9. The lowest BCUT2D eigenvalue weighted by Gasteiger charge is -2.30. The van der Waals surface area contributed by atoms with Crippen molar-refractivity contribution in [2.75, 3.05) is 7.11 Å². The number of fused-ring (bicyclic) bond motifs is 3. The molecule has 0 saturated heterocycles. The Bertz CT molecular complexity index is 2060. The topological polar surface area (TPSA) is 52.8 Å². The van der Waals surface area contributed by atoms with E-state index in [1.54, 1.807) is 7.11 Å². The number of hydrogen-bond acceptors (Lipinski definition) is 5. The molecule has 8 heteroatoms. The Morgan fingerprint density at radius 3 is 2.58 bits per heavy atom. The molecule has 2 heterocycles. The van der Waals surface area contributed by atoms with Crippen LogP contribution in [0.4, 0.5) is 0 Å². The lowest BCUT2D eigenvalue weighted by molar-refractivity contribution is 0.284. The monoisotopic (exact) mass is 668 g/mol. The molecule has 1 aromatic heterocycles. The molecule has 0 amide bonds. The molecule has 1 aliphatic carbocycles. The molecule has 0 saturated carbocycles. The second-order valence-electron chi connectivity index (χ2n) is 10.5. The van der Waals surface area contributed by atoms with Crippen LogP contribution in [0.15, 0.2) is 111 Å². The van der Waals surface area contributed by atoms with Crippen LogP contribution in [0.25, 0.3) is 11.8 Å². The van der Waals surface area contributed by atoms with Gasteiger partial charge in [0.05, 0.1) is 23.4 Å². The number of halogens is 2. The van der Waals surface area contributed by atoms with Crippen LogP contribution in [0.3, 0.4) is 0 Å². The summed E-state index contributed by atoms with van der Waals surface area (Å²) in [5.41, 5.74) is 7.49. The van der Waals surface area contributed by atoms with Crippen molar-refractivity contribution in [3.63, 3.8) is 0 Å². The zero-order valence-electron chi connectivity index (χ0n) is 23.2. The molecule has 2 aliphatic rings. The van der Waals surface area contributed by atoms with Gasteiger partial charge in [-0.3, -0.25) is 9.36 Å². The minimum absolute atomic E-state index is 0.0518. The standard InChI is InChI=1S/C35H26BrClN2O3S/c1-41-30-18-22(8-17-29(30)42-20-21-6-14-26(37)15-7-21)19-31-34(40)39-33(24-9-12-25(36)13-10-24)28-16-11-23-4-2-3-5-27(23)32(28)38-35(39)43-31/h2-10,12-15,17-19,33H,11,16,20H2,1H3/b31-19-/t33-/m0/s1. The van der Waals surface area contributed by atoms with Gasteiger partial charge in [0.1, 0.15) is 6.61 Å². The molecule has 1 atom stereocenters. The van der Waals surface area contributed by atoms with Crippen LogP contribution >= 0.6 is 38.9 Å². The lowest BCUT2D eigenvalue weighted by atomic mass is 9.83. The minimum atomic E-state index is -0.215. The Labute approximate surface area is 266 Å². The van der Waals surface area contributed by atoms with Crippen LogP contribution in [-0.4, -0.2) is 11.7 Å². The summed E-state index contributed by atoms with van der Waals surface area (Å²) >= 11 is 11.0. The van der Waals surface area contributed by atoms with Gasteiger partial charge in [-0.25, -0.2) is 4.99 Å². The number of nitrogens with zero attached hydrogens (tertiary/aromatic N) is 2. The van der Waals surface area contributed by atoms with Gasteiger partial charge in [0.15, 0.2) is 16.3 Å². The van der Waals surface area contributed by atoms with Crippen LogP contribution in [0.1, 0.15) is 40.3 Å². The number of methoxy groups -OCH3 is 1. The third-order valence-electron chi connectivity index (χ3n) is 7.85. The molecule has 0 N–H and O–H groups in total. The smallest absolute Gasteiger partial charge is 0.271 e. The molecule has 0 spiro atoms. The van der Waals surface area contributed by atoms with Crippen LogP contribution in [0.5, 0.6) is 11.5 Å². The zero-order valence-corrected chi connectivity index (χ0v) is 26.4. The number of benzene rings is 4. The molecule has 5 nitrogen and oxygen atoms in total. The summed E-state index contributed by atoms with van der Waals surface area (Å²) in [6.45, 7) is 0.384. The Morgan fingerprint density at radius 2 is 1.79 bits per heavy atom. The summed E-state index contributed by atoms with van der Waals surface area (Å²) in [4.78, 5) is 19.9. The van der Waals surface area contributed by atoms with Gasteiger partial charge < -0.3 is 9.47 Å². The van der Waals surface area contributed by atoms with Crippen LogP contribution < -0.4 is 24.4 Å². The highest BCUT2D eigenvalue weighted by molar-refractivity contribution is 9.10. The number of aromatic nitrogens is 1. The third-order valence-corrected chi connectivity index (χ3v) is 9.62. The predicted molar refractivity (Wildman–Crippen MR) is 176 cm³/mol. The van der Waals surface area contributed by atoms with Crippen molar-refractivity contribution < 1.29 is 9.47 Å². The number of hydrogen-bond donors (Lipinski definition) is 0. The van der Waals surface area contributed by atoms with Crippen molar-refractivity contribution >= 4 is 50.6 Å². The molecule has 0 bridgehead atoms. The molecule has 214 valence electrons. The maximum Gasteiger partial charge on any atom is 0.271 e. The average Bonchev–Trinajstić information content (AvgIpc) is 3.34.